The molecule has 0 radical (unpaired) electrons. The minimum Gasteiger partial charge on any atom is -0.381 e. The van der Waals surface area contributed by atoms with Crippen molar-refractivity contribution in [3.05, 3.63) is 0 Å². The first-order chi connectivity index (χ1) is 17.7. The maximum atomic E-state index is 5.70. The molecule has 3 aliphatic carbocycles. The fourth-order valence-electron chi connectivity index (χ4n) is 8.23. The van der Waals surface area contributed by atoms with Gasteiger partial charge in [-0.1, -0.05) is 62.8 Å². The second-order valence-electron chi connectivity index (χ2n) is 14.5. The Labute approximate surface area is 236 Å². The fourth-order valence-corrected chi connectivity index (χ4v) is 8.23. The Morgan fingerprint density at radius 2 is 0.632 bits per heavy atom. The Bertz CT molecular complexity index is 551. The summed E-state index contributed by atoms with van der Waals surface area (Å²) in [6, 6.07) is 0. The summed E-state index contributed by atoms with van der Waals surface area (Å²) >= 11 is 0. The minimum atomic E-state index is 0. The summed E-state index contributed by atoms with van der Waals surface area (Å²) in [5.41, 5.74) is 0. The Hall–Kier alpha value is -0.160. The summed E-state index contributed by atoms with van der Waals surface area (Å²) in [6.07, 6.45) is 10.3. The van der Waals surface area contributed by atoms with Crippen molar-refractivity contribution in [1.29, 1.82) is 0 Å². The summed E-state index contributed by atoms with van der Waals surface area (Å²) in [7, 11) is 0. The van der Waals surface area contributed by atoms with Crippen LogP contribution in [-0.4, -0.2) is 51.3 Å². The zero-order valence-corrected chi connectivity index (χ0v) is 25.5. The summed E-state index contributed by atoms with van der Waals surface area (Å²) in [5, 5.41) is 0. The number of hydrogen-bond acceptors (Lipinski definition) is 4. The average molecular weight is 537 g/mol. The highest BCUT2D eigenvalue weighted by molar-refractivity contribution is 4.92. The molecule has 4 heteroatoms. The van der Waals surface area contributed by atoms with E-state index in [4.69, 9.17) is 18.9 Å². The molecule has 0 aromatic heterocycles. The van der Waals surface area contributed by atoms with E-state index < -0.39 is 0 Å². The molecule has 7 rings (SSSR count). The Balaban J connectivity index is 0.000000140. The van der Waals surface area contributed by atoms with Crippen LogP contribution < -0.4 is 0 Å². The van der Waals surface area contributed by atoms with Crippen LogP contribution in [0.4, 0.5) is 0 Å². The van der Waals surface area contributed by atoms with E-state index >= 15 is 0 Å². The summed E-state index contributed by atoms with van der Waals surface area (Å²) in [5.74, 6) is 9.25. The van der Waals surface area contributed by atoms with E-state index in [-0.39, 0.29) is 7.43 Å². The van der Waals surface area contributed by atoms with Gasteiger partial charge in [0.1, 0.15) is 0 Å². The van der Waals surface area contributed by atoms with Crippen LogP contribution in [0.15, 0.2) is 0 Å². The van der Waals surface area contributed by atoms with Crippen molar-refractivity contribution in [3.63, 3.8) is 0 Å². The second kappa shape index (κ2) is 14.6. The van der Waals surface area contributed by atoms with E-state index in [1.54, 1.807) is 0 Å². The van der Waals surface area contributed by atoms with Crippen LogP contribution in [0.5, 0.6) is 0 Å². The van der Waals surface area contributed by atoms with Crippen molar-refractivity contribution in [1.82, 2.24) is 0 Å². The summed E-state index contributed by atoms with van der Waals surface area (Å²) in [6.45, 7) is 23.4. The molecule has 0 aromatic rings. The zero-order chi connectivity index (χ0) is 26.7. The molecule has 7 fully saturated rings. The molecule has 14 unspecified atom stereocenters. The fraction of sp³-hybridized carbons (Fsp3) is 1.00. The SMILES string of the molecule is C.CC1COC2C(C)CCC12.CC1COC2C(C)CCC12.CC1COC2C(C)CCC12.CC1COCC1C. The van der Waals surface area contributed by atoms with Crippen LogP contribution in [0.25, 0.3) is 0 Å². The summed E-state index contributed by atoms with van der Waals surface area (Å²) in [4.78, 5) is 0. The quantitative estimate of drug-likeness (QED) is 0.313. The molecule has 0 aromatic carbocycles. The number of ether oxygens (including phenoxy) is 4. The van der Waals surface area contributed by atoms with Gasteiger partial charge in [0.05, 0.1) is 18.3 Å². The monoisotopic (exact) mass is 536 g/mol. The number of rotatable bonds is 0. The highest BCUT2D eigenvalue weighted by Gasteiger charge is 2.43. The molecule has 0 bridgehead atoms. The van der Waals surface area contributed by atoms with Crippen LogP contribution in [0, 0.1) is 65.1 Å². The first-order valence-corrected chi connectivity index (χ1v) is 16.1. The van der Waals surface area contributed by atoms with Crippen LogP contribution in [0.2, 0.25) is 0 Å². The van der Waals surface area contributed by atoms with Crippen LogP contribution in [0.1, 0.15) is 101 Å². The maximum absolute atomic E-state index is 5.70. The number of hydrogen-bond donors (Lipinski definition) is 0. The van der Waals surface area contributed by atoms with Crippen LogP contribution in [0.3, 0.4) is 0 Å². The van der Waals surface area contributed by atoms with Gasteiger partial charge in [-0.25, -0.2) is 0 Å². The van der Waals surface area contributed by atoms with Gasteiger partial charge in [-0.3, -0.25) is 0 Å². The standard InChI is InChI=1S/3C9H16O.C6H12O.CH4/c3*1-6-3-4-8-7(2)5-10-9(6)8;1-5-3-7-4-6(5)2;/h3*6-9H,3-5H2,1-2H3;5-6H,3-4H2,1-2H3;1H4. The molecule has 4 saturated heterocycles. The van der Waals surface area contributed by atoms with Crippen LogP contribution >= 0.6 is 0 Å². The lowest BCUT2D eigenvalue weighted by Gasteiger charge is -2.13. The largest absolute Gasteiger partial charge is 0.381 e. The maximum Gasteiger partial charge on any atom is 0.0632 e. The van der Waals surface area contributed by atoms with Gasteiger partial charge in [0.15, 0.2) is 0 Å². The van der Waals surface area contributed by atoms with Crippen molar-refractivity contribution < 1.29 is 18.9 Å². The predicted octanol–water partition coefficient (Wildman–Crippen LogP) is 8.13. The molecule has 4 heterocycles. The molecular formula is C34H64O4. The lowest BCUT2D eigenvalue weighted by molar-refractivity contribution is 0.0707. The molecule has 0 spiro atoms. The third-order valence-electron chi connectivity index (χ3n) is 11.4. The molecule has 4 nitrogen and oxygen atoms in total. The molecular weight excluding hydrogens is 472 g/mol. The molecule has 14 atom stereocenters. The first kappa shape index (κ1) is 32.4. The van der Waals surface area contributed by atoms with Crippen LogP contribution in [-0.2, 0) is 18.9 Å². The van der Waals surface area contributed by atoms with Gasteiger partial charge < -0.3 is 18.9 Å². The Morgan fingerprint density at radius 1 is 0.342 bits per heavy atom. The molecule has 224 valence electrons. The topological polar surface area (TPSA) is 36.9 Å². The third kappa shape index (κ3) is 7.56. The Kier molecular flexibility index (Phi) is 12.5. The molecule has 0 amide bonds. The normalized spacial score (nSPS) is 49.9. The van der Waals surface area contributed by atoms with Gasteiger partial charge in [0, 0.05) is 33.0 Å². The van der Waals surface area contributed by atoms with E-state index in [0.717, 1.165) is 98.1 Å². The van der Waals surface area contributed by atoms with Gasteiger partial charge in [-0.2, -0.15) is 0 Å². The van der Waals surface area contributed by atoms with E-state index in [2.05, 4.69) is 55.4 Å². The van der Waals surface area contributed by atoms with Crippen molar-refractivity contribution >= 4 is 0 Å². The van der Waals surface area contributed by atoms with Crippen molar-refractivity contribution in [2.75, 3.05) is 33.0 Å². The van der Waals surface area contributed by atoms with Crippen molar-refractivity contribution in [3.8, 4) is 0 Å². The van der Waals surface area contributed by atoms with Gasteiger partial charge in [0.25, 0.3) is 0 Å². The molecule has 38 heavy (non-hydrogen) atoms. The van der Waals surface area contributed by atoms with E-state index in [9.17, 15) is 0 Å². The van der Waals surface area contributed by atoms with Crippen molar-refractivity contribution in [2.24, 2.45) is 65.1 Å². The lowest BCUT2D eigenvalue weighted by atomic mass is 9.93. The molecule has 3 saturated carbocycles. The van der Waals surface area contributed by atoms with Gasteiger partial charge in [0.2, 0.25) is 0 Å². The molecule has 4 aliphatic heterocycles. The van der Waals surface area contributed by atoms with Gasteiger partial charge >= 0.3 is 0 Å². The average Bonchev–Trinajstić information content (AvgIpc) is 3.71. The van der Waals surface area contributed by atoms with E-state index in [1.165, 1.54) is 38.5 Å². The predicted molar refractivity (Wildman–Crippen MR) is 158 cm³/mol. The second-order valence-corrected chi connectivity index (χ2v) is 14.5. The minimum absolute atomic E-state index is 0. The van der Waals surface area contributed by atoms with Gasteiger partial charge in [-0.05, 0) is 104 Å². The van der Waals surface area contributed by atoms with Gasteiger partial charge in [-0.15, -0.1) is 0 Å². The highest BCUT2D eigenvalue weighted by Crippen LogP contribution is 2.44. The Morgan fingerprint density at radius 3 is 0.842 bits per heavy atom. The molecule has 7 aliphatic rings. The van der Waals surface area contributed by atoms with E-state index in [0.29, 0.717) is 18.3 Å². The number of fused-ring (bicyclic) bond motifs is 3. The summed E-state index contributed by atoms with van der Waals surface area (Å²) < 4.78 is 22.3. The first-order valence-electron chi connectivity index (χ1n) is 16.1. The zero-order valence-electron chi connectivity index (χ0n) is 25.5. The smallest absolute Gasteiger partial charge is 0.0632 e. The third-order valence-corrected chi connectivity index (χ3v) is 11.4. The lowest BCUT2D eigenvalue weighted by Crippen LogP contribution is -2.16. The molecule has 0 N–H and O–H groups in total. The van der Waals surface area contributed by atoms with Crippen molar-refractivity contribution in [2.45, 2.75) is 120 Å². The van der Waals surface area contributed by atoms with E-state index in [1.807, 2.05) is 0 Å². The highest BCUT2D eigenvalue weighted by atomic mass is 16.5.